The van der Waals surface area contributed by atoms with Crippen molar-refractivity contribution in [2.45, 2.75) is 37.1 Å². The zero-order valence-electron chi connectivity index (χ0n) is 9.51. The van der Waals surface area contributed by atoms with Crippen LogP contribution in [0.3, 0.4) is 0 Å². The van der Waals surface area contributed by atoms with Gasteiger partial charge in [0.25, 0.3) is 5.69 Å². The topological polar surface area (TPSA) is 78.2 Å². The number of hydrogen-bond donors (Lipinski definition) is 1. The second-order valence-corrected chi connectivity index (χ2v) is 5.43. The molecule has 1 aliphatic carbocycles. The summed E-state index contributed by atoms with van der Waals surface area (Å²) in [6, 6.07) is 4.74. The van der Waals surface area contributed by atoms with Gasteiger partial charge in [0, 0.05) is 11.6 Å². The lowest BCUT2D eigenvalue weighted by atomic mass is 9.94. The van der Waals surface area contributed by atoms with Crippen molar-refractivity contribution in [3.8, 4) is 0 Å². The van der Waals surface area contributed by atoms with Crippen molar-refractivity contribution >= 4 is 17.0 Å². The molecule has 1 aliphatic rings. The van der Waals surface area contributed by atoms with E-state index in [2.05, 4.69) is 4.72 Å². The van der Waals surface area contributed by atoms with Crippen LogP contribution in [0.5, 0.6) is 0 Å². The Hall–Kier alpha value is -1.11. The molecule has 1 fully saturated rings. The van der Waals surface area contributed by atoms with Crippen molar-refractivity contribution in [1.82, 2.24) is 4.72 Å². The van der Waals surface area contributed by atoms with E-state index in [4.69, 9.17) is 0 Å². The van der Waals surface area contributed by atoms with E-state index in [0.717, 1.165) is 24.8 Å². The molecule has 2 rings (SSSR count). The maximum Gasteiger partial charge on any atom is 0.274 e. The zero-order chi connectivity index (χ0) is 12.4. The van der Waals surface area contributed by atoms with Gasteiger partial charge < -0.3 is 4.55 Å². The van der Waals surface area contributed by atoms with Crippen LogP contribution in [0.15, 0.2) is 23.1 Å². The number of benzene rings is 1. The average Bonchev–Trinajstić information content (AvgIpc) is 2.23. The summed E-state index contributed by atoms with van der Waals surface area (Å²) in [5.74, 6) is 0. The van der Waals surface area contributed by atoms with Gasteiger partial charge in [-0.25, -0.2) is 0 Å². The van der Waals surface area contributed by atoms with Crippen LogP contribution in [0.2, 0.25) is 0 Å². The van der Waals surface area contributed by atoms with Crippen LogP contribution in [-0.4, -0.2) is 15.5 Å². The number of hydrogen-bond acceptors (Lipinski definition) is 4. The predicted molar refractivity (Wildman–Crippen MR) is 65.0 cm³/mol. The SMILES string of the molecule is Cc1ccc([N+](=O)[O-])cc1[S+]([O-])NC1CCC1. The van der Waals surface area contributed by atoms with Crippen molar-refractivity contribution in [1.29, 1.82) is 0 Å². The van der Waals surface area contributed by atoms with E-state index in [1.807, 2.05) is 0 Å². The molecule has 0 bridgehead atoms. The molecule has 6 heteroatoms. The molecule has 0 heterocycles. The van der Waals surface area contributed by atoms with Crippen LogP contribution < -0.4 is 4.72 Å². The van der Waals surface area contributed by atoms with Crippen LogP contribution >= 0.6 is 0 Å². The minimum absolute atomic E-state index is 0.0191. The highest BCUT2D eigenvalue weighted by molar-refractivity contribution is 7.89. The van der Waals surface area contributed by atoms with Crippen LogP contribution in [0.25, 0.3) is 0 Å². The largest absolute Gasteiger partial charge is 0.593 e. The van der Waals surface area contributed by atoms with Crippen molar-refractivity contribution in [2.75, 3.05) is 0 Å². The van der Waals surface area contributed by atoms with Crippen LogP contribution in [0, 0.1) is 17.0 Å². The quantitative estimate of drug-likeness (QED) is 0.507. The highest BCUT2D eigenvalue weighted by atomic mass is 32.2. The first kappa shape index (κ1) is 12.3. The molecule has 0 aromatic heterocycles. The molecule has 0 amide bonds. The Labute approximate surface area is 103 Å². The number of nitrogens with one attached hydrogen (secondary N) is 1. The molecule has 1 saturated carbocycles. The van der Waals surface area contributed by atoms with E-state index in [1.165, 1.54) is 12.1 Å². The lowest BCUT2D eigenvalue weighted by Gasteiger charge is -2.26. The molecule has 0 saturated heterocycles. The third-order valence-corrected chi connectivity index (χ3v) is 4.35. The first-order valence-corrected chi connectivity index (χ1v) is 6.66. The summed E-state index contributed by atoms with van der Waals surface area (Å²) < 4.78 is 15.0. The zero-order valence-corrected chi connectivity index (χ0v) is 10.3. The van der Waals surface area contributed by atoms with Gasteiger partial charge in [-0.1, -0.05) is 6.42 Å². The fraction of sp³-hybridized carbons (Fsp3) is 0.455. The maximum atomic E-state index is 12.0. The van der Waals surface area contributed by atoms with Gasteiger partial charge in [-0.15, -0.1) is 4.72 Å². The highest BCUT2D eigenvalue weighted by Crippen LogP contribution is 2.25. The molecule has 0 aliphatic heterocycles. The molecule has 1 unspecified atom stereocenters. The van der Waals surface area contributed by atoms with Gasteiger partial charge in [-0.2, -0.15) is 0 Å². The van der Waals surface area contributed by atoms with E-state index in [1.54, 1.807) is 13.0 Å². The van der Waals surface area contributed by atoms with Crippen molar-refractivity contribution in [3.05, 3.63) is 33.9 Å². The minimum atomic E-state index is -1.35. The molecule has 5 nitrogen and oxygen atoms in total. The van der Waals surface area contributed by atoms with E-state index >= 15 is 0 Å². The van der Waals surface area contributed by atoms with Gasteiger partial charge in [0.05, 0.1) is 28.4 Å². The standard InChI is InChI=1S/C11H14N2O3S/c1-8-5-6-10(13(14)15)7-11(8)17(16)12-9-3-2-4-9/h5-7,9,12H,2-4H2,1H3. The van der Waals surface area contributed by atoms with Crippen LogP contribution in [0.1, 0.15) is 24.8 Å². The Morgan fingerprint density at radius 1 is 1.47 bits per heavy atom. The van der Waals surface area contributed by atoms with E-state index in [-0.39, 0.29) is 11.7 Å². The van der Waals surface area contributed by atoms with E-state index in [9.17, 15) is 14.7 Å². The highest BCUT2D eigenvalue weighted by Gasteiger charge is 2.26. The Balaban J connectivity index is 2.16. The summed E-state index contributed by atoms with van der Waals surface area (Å²) in [5, 5.41) is 10.7. The summed E-state index contributed by atoms with van der Waals surface area (Å²) in [4.78, 5) is 10.7. The van der Waals surface area contributed by atoms with E-state index < -0.39 is 16.3 Å². The molecular weight excluding hydrogens is 240 g/mol. The summed E-state index contributed by atoms with van der Waals surface area (Å²) in [5.41, 5.74) is 0.787. The van der Waals surface area contributed by atoms with Gasteiger partial charge in [0.2, 0.25) is 0 Å². The minimum Gasteiger partial charge on any atom is -0.593 e. The lowest BCUT2D eigenvalue weighted by molar-refractivity contribution is -0.385. The molecule has 1 N–H and O–H groups in total. The van der Waals surface area contributed by atoms with Crippen molar-refractivity contribution in [3.63, 3.8) is 0 Å². The Bertz CT molecular complexity index is 435. The maximum absolute atomic E-state index is 12.0. The number of nitro benzene ring substituents is 1. The van der Waals surface area contributed by atoms with E-state index in [0.29, 0.717) is 4.90 Å². The monoisotopic (exact) mass is 254 g/mol. The first-order chi connectivity index (χ1) is 8.08. The number of nitro groups is 1. The summed E-state index contributed by atoms with van der Waals surface area (Å²) in [7, 11) is 0. The van der Waals surface area contributed by atoms with Gasteiger partial charge in [-0.05, 0) is 25.8 Å². The summed E-state index contributed by atoms with van der Waals surface area (Å²) in [6.45, 7) is 1.80. The Morgan fingerprint density at radius 3 is 2.71 bits per heavy atom. The number of rotatable bonds is 4. The molecule has 1 atom stereocenters. The first-order valence-electron chi connectivity index (χ1n) is 5.51. The van der Waals surface area contributed by atoms with Crippen LogP contribution in [-0.2, 0) is 11.4 Å². The fourth-order valence-corrected chi connectivity index (χ4v) is 2.90. The molecular formula is C11H14N2O3S. The summed E-state index contributed by atoms with van der Waals surface area (Å²) >= 11 is -1.35. The summed E-state index contributed by atoms with van der Waals surface area (Å²) in [6.07, 6.45) is 3.21. The smallest absolute Gasteiger partial charge is 0.274 e. The van der Waals surface area contributed by atoms with Crippen LogP contribution in [0.4, 0.5) is 5.69 Å². The fourth-order valence-electron chi connectivity index (χ4n) is 1.64. The molecule has 0 radical (unpaired) electrons. The van der Waals surface area contributed by atoms with Crippen molar-refractivity contribution in [2.24, 2.45) is 0 Å². The second kappa shape index (κ2) is 5.03. The lowest BCUT2D eigenvalue weighted by Crippen LogP contribution is -2.39. The molecule has 0 spiro atoms. The van der Waals surface area contributed by atoms with Gasteiger partial charge in [-0.3, -0.25) is 10.1 Å². The Morgan fingerprint density at radius 2 is 2.18 bits per heavy atom. The van der Waals surface area contributed by atoms with Gasteiger partial charge in [0.15, 0.2) is 4.90 Å². The molecule has 1 aromatic carbocycles. The number of non-ortho nitro benzene ring substituents is 1. The normalized spacial score (nSPS) is 17.5. The Kier molecular flexibility index (Phi) is 3.66. The molecule has 1 aromatic rings. The average molecular weight is 254 g/mol. The second-order valence-electron chi connectivity index (χ2n) is 4.22. The number of nitrogens with zero attached hydrogens (tertiary/aromatic N) is 1. The third-order valence-electron chi connectivity index (χ3n) is 2.96. The van der Waals surface area contributed by atoms with Crippen molar-refractivity contribution < 1.29 is 9.48 Å². The number of aryl methyl sites for hydroxylation is 1. The third kappa shape index (κ3) is 2.77. The predicted octanol–water partition coefficient (Wildman–Crippen LogP) is 2.07. The molecule has 92 valence electrons. The molecule has 17 heavy (non-hydrogen) atoms. The van der Waals surface area contributed by atoms with Gasteiger partial charge >= 0.3 is 0 Å². The van der Waals surface area contributed by atoms with Gasteiger partial charge in [0.1, 0.15) is 0 Å².